The summed E-state index contributed by atoms with van der Waals surface area (Å²) < 4.78 is 46.7. The second-order valence-electron chi connectivity index (χ2n) is 8.21. The van der Waals surface area contributed by atoms with Crippen molar-refractivity contribution < 1.29 is 37.4 Å². The molecule has 0 saturated heterocycles. The summed E-state index contributed by atoms with van der Waals surface area (Å²) in [4.78, 5) is 45.0. The third-order valence-corrected chi connectivity index (χ3v) is 7.03. The van der Waals surface area contributed by atoms with E-state index in [-0.39, 0.29) is 49.4 Å². The Morgan fingerprint density at radius 1 is 1.10 bits per heavy atom. The van der Waals surface area contributed by atoms with Gasteiger partial charge in [0.1, 0.15) is 0 Å². The van der Waals surface area contributed by atoms with Crippen LogP contribution in [0.2, 0.25) is 10.0 Å². The van der Waals surface area contributed by atoms with Crippen LogP contribution in [-0.4, -0.2) is 39.2 Å². The molecular weight excluding hydrogens is 632 g/mol. The molecule has 39 heavy (non-hydrogen) atoms. The van der Waals surface area contributed by atoms with Gasteiger partial charge < -0.3 is 14.8 Å². The van der Waals surface area contributed by atoms with E-state index in [1.54, 1.807) is 6.07 Å². The summed E-state index contributed by atoms with van der Waals surface area (Å²) in [6.45, 7) is 0. The zero-order valence-corrected chi connectivity index (χ0v) is 22.0. The standard InChI is InChI=1S/C24H12BrCl2F3N4O5/c25-11-2-1-3-12(7-11)34-19(35)13-8-15(26)16(27)9-14(13)23(34,39-20(36)24(28,29)30)10-4-5-17-18(6-10)32-21(31-17)33-22(37)38/h1-9H,(H,37,38)(H2,31,32,33). The Kier molecular flexibility index (Phi) is 6.48. The first kappa shape index (κ1) is 26.8. The van der Waals surface area contributed by atoms with Crippen molar-refractivity contribution in [1.82, 2.24) is 9.97 Å². The molecule has 2 heterocycles. The second-order valence-corrected chi connectivity index (χ2v) is 9.94. The first-order valence-corrected chi connectivity index (χ1v) is 12.3. The molecule has 1 unspecified atom stereocenters. The van der Waals surface area contributed by atoms with Crippen molar-refractivity contribution in [3.8, 4) is 0 Å². The van der Waals surface area contributed by atoms with E-state index < -0.39 is 29.9 Å². The normalized spacial score (nSPS) is 16.9. The number of nitrogens with one attached hydrogen (secondary N) is 2. The highest BCUT2D eigenvalue weighted by molar-refractivity contribution is 9.10. The molecule has 0 radical (unpaired) electrons. The van der Waals surface area contributed by atoms with Gasteiger partial charge in [0, 0.05) is 21.3 Å². The van der Waals surface area contributed by atoms with Gasteiger partial charge in [0.25, 0.3) is 5.91 Å². The van der Waals surface area contributed by atoms with Crippen LogP contribution in [0.1, 0.15) is 21.5 Å². The molecule has 0 fully saturated rings. The number of esters is 1. The lowest BCUT2D eigenvalue weighted by Gasteiger charge is -2.39. The van der Waals surface area contributed by atoms with Gasteiger partial charge in [-0.1, -0.05) is 51.3 Å². The number of aromatic nitrogens is 2. The van der Waals surface area contributed by atoms with E-state index in [9.17, 15) is 27.6 Å². The van der Waals surface area contributed by atoms with E-state index in [1.807, 2.05) is 5.32 Å². The number of imidazole rings is 1. The zero-order chi connectivity index (χ0) is 28.3. The lowest BCUT2D eigenvalue weighted by Crippen LogP contribution is -2.50. The molecule has 15 heteroatoms. The van der Waals surface area contributed by atoms with Crippen molar-refractivity contribution in [3.63, 3.8) is 0 Å². The van der Waals surface area contributed by atoms with E-state index in [4.69, 9.17) is 33.0 Å². The van der Waals surface area contributed by atoms with E-state index >= 15 is 0 Å². The molecule has 1 aliphatic rings. The Morgan fingerprint density at radius 2 is 1.82 bits per heavy atom. The van der Waals surface area contributed by atoms with E-state index in [1.165, 1.54) is 42.5 Å². The Hall–Kier alpha value is -3.81. The van der Waals surface area contributed by atoms with Gasteiger partial charge >= 0.3 is 18.2 Å². The van der Waals surface area contributed by atoms with Gasteiger partial charge in [-0.3, -0.25) is 15.0 Å². The number of alkyl halides is 3. The number of hydrogen-bond acceptors (Lipinski definition) is 5. The predicted octanol–water partition coefficient (Wildman–Crippen LogP) is 6.69. The van der Waals surface area contributed by atoms with Gasteiger partial charge in [0.15, 0.2) is 0 Å². The van der Waals surface area contributed by atoms with E-state index in [2.05, 4.69) is 25.9 Å². The first-order valence-electron chi connectivity index (χ1n) is 10.7. The molecule has 0 aliphatic carbocycles. The number of amides is 2. The number of halogens is 6. The lowest BCUT2D eigenvalue weighted by atomic mass is 9.92. The smallest absolute Gasteiger partial charge is 0.465 e. The molecule has 4 aromatic rings. The van der Waals surface area contributed by atoms with Crippen LogP contribution in [0, 0.1) is 0 Å². The van der Waals surface area contributed by atoms with Gasteiger partial charge in [0.05, 0.1) is 26.6 Å². The summed E-state index contributed by atoms with van der Waals surface area (Å²) in [7, 11) is 0. The molecule has 0 saturated carbocycles. The first-order chi connectivity index (χ1) is 18.3. The Morgan fingerprint density at radius 3 is 2.49 bits per heavy atom. The number of rotatable bonds is 4. The number of carbonyl (C=O) groups is 3. The third-order valence-electron chi connectivity index (χ3n) is 5.81. The SMILES string of the molecule is O=C(O)Nc1nc2ccc(C3(OC(=O)C(F)(F)F)c4cc(Cl)c(Cl)cc4C(=O)N3c3cccc(Br)c3)cc2[nH]1. The third kappa shape index (κ3) is 4.56. The number of H-pyrrole nitrogens is 1. The summed E-state index contributed by atoms with van der Waals surface area (Å²) >= 11 is 15.7. The zero-order valence-electron chi connectivity index (χ0n) is 18.9. The molecule has 200 valence electrons. The number of hydrogen-bond donors (Lipinski definition) is 3. The summed E-state index contributed by atoms with van der Waals surface area (Å²) in [5.41, 5.74) is -2.50. The minimum absolute atomic E-state index is 0.0516. The second kappa shape index (κ2) is 9.43. The minimum Gasteiger partial charge on any atom is -0.465 e. The van der Waals surface area contributed by atoms with Crippen molar-refractivity contribution >= 4 is 79.8 Å². The summed E-state index contributed by atoms with van der Waals surface area (Å²) in [6.07, 6.45) is -6.85. The van der Waals surface area contributed by atoms with Gasteiger partial charge in [-0.25, -0.2) is 14.6 Å². The largest absolute Gasteiger partial charge is 0.491 e. The molecular formula is C24H12BrCl2F3N4O5. The average molecular weight is 644 g/mol. The topological polar surface area (TPSA) is 125 Å². The average Bonchev–Trinajstić information content (AvgIpc) is 3.34. The highest BCUT2D eigenvalue weighted by Gasteiger charge is 2.58. The maximum Gasteiger partial charge on any atom is 0.491 e. The number of carbonyl (C=O) groups excluding carboxylic acids is 2. The van der Waals surface area contributed by atoms with Gasteiger partial charge in [-0.05, 0) is 42.5 Å². The number of carboxylic acid groups (broad SMARTS) is 1. The van der Waals surface area contributed by atoms with Gasteiger partial charge in [-0.15, -0.1) is 0 Å². The molecule has 2 amide bonds. The van der Waals surface area contributed by atoms with E-state index in [0.29, 0.717) is 4.47 Å². The van der Waals surface area contributed by atoms with Crippen LogP contribution >= 0.6 is 39.1 Å². The minimum atomic E-state index is -5.44. The summed E-state index contributed by atoms with van der Waals surface area (Å²) in [6, 6.07) is 12.3. The fourth-order valence-corrected chi connectivity index (χ4v) is 5.03. The van der Waals surface area contributed by atoms with Crippen LogP contribution in [0.4, 0.5) is 29.6 Å². The fourth-order valence-electron chi connectivity index (χ4n) is 4.32. The number of benzene rings is 3. The van der Waals surface area contributed by atoms with Crippen molar-refractivity contribution in [2.75, 3.05) is 10.2 Å². The monoisotopic (exact) mass is 642 g/mol. The van der Waals surface area contributed by atoms with Crippen molar-refractivity contribution in [3.05, 3.63) is 85.8 Å². The Balaban J connectivity index is 1.85. The maximum absolute atomic E-state index is 13.8. The number of ether oxygens (including phenoxy) is 1. The molecule has 0 spiro atoms. The number of anilines is 2. The van der Waals surface area contributed by atoms with Crippen LogP contribution < -0.4 is 10.2 Å². The molecule has 1 aromatic heterocycles. The van der Waals surface area contributed by atoms with Gasteiger partial charge in [0.2, 0.25) is 11.7 Å². The van der Waals surface area contributed by atoms with Crippen molar-refractivity contribution in [2.45, 2.75) is 11.9 Å². The highest BCUT2D eigenvalue weighted by Crippen LogP contribution is 2.51. The Labute approximate surface area is 234 Å². The van der Waals surface area contributed by atoms with Crippen LogP contribution in [0.3, 0.4) is 0 Å². The summed E-state index contributed by atoms with van der Waals surface area (Å²) in [5, 5.41) is 10.9. The van der Waals surface area contributed by atoms with Crippen LogP contribution in [-0.2, 0) is 15.3 Å². The Bertz CT molecular complexity index is 1700. The molecule has 0 bridgehead atoms. The van der Waals surface area contributed by atoms with Crippen LogP contribution in [0.15, 0.2) is 59.1 Å². The molecule has 5 rings (SSSR count). The predicted molar refractivity (Wildman–Crippen MR) is 138 cm³/mol. The fraction of sp³-hybridized carbons (Fsp3) is 0.0833. The number of fused-ring (bicyclic) bond motifs is 2. The van der Waals surface area contributed by atoms with Crippen molar-refractivity contribution in [2.24, 2.45) is 0 Å². The van der Waals surface area contributed by atoms with Gasteiger partial charge in [-0.2, -0.15) is 13.2 Å². The quantitative estimate of drug-likeness (QED) is 0.213. The van der Waals surface area contributed by atoms with Crippen LogP contribution in [0.25, 0.3) is 11.0 Å². The van der Waals surface area contributed by atoms with Crippen LogP contribution in [0.5, 0.6) is 0 Å². The maximum atomic E-state index is 13.8. The molecule has 1 aliphatic heterocycles. The highest BCUT2D eigenvalue weighted by atomic mass is 79.9. The number of aromatic amines is 1. The van der Waals surface area contributed by atoms with E-state index in [0.717, 1.165) is 11.0 Å². The molecule has 3 aromatic carbocycles. The number of nitrogens with zero attached hydrogens (tertiary/aromatic N) is 2. The molecule has 1 atom stereocenters. The molecule has 9 nitrogen and oxygen atoms in total. The summed E-state index contributed by atoms with van der Waals surface area (Å²) in [5.74, 6) is -3.57. The lowest BCUT2D eigenvalue weighted by molar-refractivity contribution is -0.211. The van der Waals surface area contributed by atoms with Crippen molar-refractivity contribution in [1.29, 1.82) is 0 Å². The molecule has 3 N–H and O–H groups in total.